The van der Waals surface area contributed by atoms with Gasteiger partial charge in [0, 0.05) is 24.7 Å². The number of benzene rings is 1. The van der Waals surface area contributed by atoms with E-state index in [4.69, 9.17) is 4.74 Å². The SMILES string of the molecule is CCN(CC)C(=O)Oc1ccc2cccnc2c1I. The second kappa shape index (κ2) is 6.18. The third kappa shape index (κ3) is 2.97. The number of carbonyl (C=O) groups is 1. The van der Waals surface area contributed by atoms with E-state index in [0.29, 0.717) is 18.8 Å². The molecule has 0 saturated heterocycles. The van der Waals surface area contributed by atoms with Crippen molar-refractivity contribution in [3.05, 3.63) is 34.0 Å². The zero-order chi connectivity index (χ0) is 13.8. The van der Waals surface area contributed by atoms with Gasteiger partial charge in [0.2, 0.25) is 0 Å². The summed E-state index contributed by atoms with van der Waals surface area (Å²) < 4.78 is 6.29. The van der Waals surface area contributed by atoms with Gasteiger partial charge < -0.3 is 9.64 Å². The van der Waals surface area contributed by atoms with Crippen LogP contribution in [0.4, 0.5) is 4.79 Å². The van der Waals surface area contributed by atoms with Crippen LogP contribution in [0, 0.1) is 3.57 Å². The van der Waals surface area contributed by atoms with Gasteiger partial charge in [0.25, 0.3) is 0 Å². The van der Waals surface area contributed by atoms with Crippen LogP contribution in [-0.4, -0.2) is 29.1 Å². The Kier molecular flexibility index (Phi) is 4.57. The van der Waals surface area contributed by atoms with E-state index < -0.39 is 0 Å². The van der Waals surface area contributed by atoms with Crippen molar-refractivity contribution in [3.8, 4) is 5.75 Å². The maximum Gasteiger partial charge on any atom is 0.415 e. The molecule has 0 N–H and O–H groups in total. The van der Waals surface area contributed by atoms with E-state index >= 15 is 0 Å². The first-order valence-corrected chi connectivity index (χ1v) is 7.25. The van der Waals surface area contributed by atoms with E-state index in [-0.39, 0.29) is 6.09 Å². The number of fused-ring (bicyclic) bond motifs is 1. The van der Waals surface area contributed by atoms with Gasteiger partial charge in [-0.05, 0) is 54.6 Å². The van der Waals surface area contributed by atoms with Gasteiger partial charge in [0.1, 0.15) is 5.75 Å². The summed E-state index contributed by atoms with van der Waals surface area (Å²) in [4.78, 5) is 17.9. The molecule has 0 spiro atoms. The fourth-order valence-corrected chi connectivity index (χ4v) is 2.55. The number of pyridine rings is 1. The predicted octanol–water partition coefficient (Wildman–Crippen LogP) is 3.68. The number of rotatable bonds is 3. The van der Waals surface area contributed by atoms with Crippen LogP contribution in [0.3, 0.4) is 0 Å². The number of hydrogen-bond donors (Lipinski definition) is 0. The van der Waals surface area contributed by atoms with Gasteiger partial charge in [-0.1, -0.05) is 6.07 Å². The van der Waals surface area contributed by atoms with Gasteiger partial charge in [-0.3, -0.25) is 4.98 Å². The predicted molar refractivity (Wildman–Crippen MR) is 83.4 cm³/mol. The lowest BCUT2D eigenvalue weighted by Crippen LogP contribution is -2.33. The monoisotopic (exact) mass is 370 g/mol. The average Bonchev–Trinajstić information content (AvgIpc) is 2.43. The second-order valence-electron chi connectivity index (χ2n) is 3.99. The molecule has 0 unspecified atom stereocenters. The maximum atomic E-state index is 11.9. The molecule has 0 aliphatic rings. The largest absolute Gasteiger partial charge is 0.415 e. The number of halogens is 1. The molecule has 0 aliphatic heterocycles. The van der Waals surface area contributed by atoms with Crippen molar-refractivity contribution in [2.45, 2.75) is 13.8 Å². The van der Waals surface area contributed by atoms with Crippen molar-refractivity contribution in [3.63, 3.8) is 0 Å². The summed E-state index contributed by atoms with van der Waals surface area (Å²) in [6, 6.07) is 7.60. The first-order valence-electron chi connectivity index (χ1n) is 6.17. The van der Waals surface area contributed by atoms with Gasteiger partial charge in [0.15, 0.2) is 0 Å². The van der Waals surface area contributed by atoms with E-state index in [1.807, 2.05) is 38.1 Å². The van der Waals surface area contributed by atoms with Crippen molar-refractivity contribution in [1.29, 1.82) is 0 Å². The summed E-state index contributed by atoms with van der Waals surface area (Å²) in [7, 11) is 0. The highest BCUT2D eigenvalue weighted by molar-refractivity contribution is 14.1. The minimum absolute atomic E-state index is 0.321. The molecule has 2 rings (SSSR count). The Morgan fingerprint density at radius 2 is 2.05 bits per heavy atom. The summed E-state index contributed by atoms with van der Waals surface area (Å²) in [5, 5.41) is 1.04. The Morgan fingerprint density at radius 3 is 2.74 bits per heavy atom. The lowest BCUT2D eigenvalue weighted by molar-refractivity contribution is 0.157. The average molecular weight is 370 g/mol. The molecule has 1 aromatic carbocycles. The molecular formula is C14H15IN2O2. The van der Waals surface area contributed by atoms with Crippen molar-refractivity contribution < 1.29 is 9.53 Å². The van der Waals surface area contributed by atoms with Crippen molar-refractivity contribution in [2.24, 2.45) is 0 Å². The minimum Gasteiger partial charge on any atom is -0.409 e. The van der Waals surface area contributed by atoms with E-state index in [1.54, 1.807) is 11.1 Å². The quantitative estimate of drug-likeness (QED) is 0.775. The van der Waals surface area contributed by atoms with Gasteiger partial charge in [-0.15, -0.1) is 0 Å². The Labute approximate surface area is 125 Å². The molecule has 19 heavy (non-hydrogen) atoms. The summed E-state index contributed by atoms with van der Waals surface area (Å²) in [6.45, 7) is 5.13. The van der Waals surface area contributed by atoms with Crippen LogP contribution < -0.4 is 4.74 Å². The minimum atomic E-state index is -0.321. The molecule has 1 heterocycles. The molecule has 0 saturated carbocycles. The lowest BCUT2D eigenvalue weighted by Gasteiger charge is -2.18. The number of ether oxygens (including phenoxy) is 1. The lowest BCUT2D eigenvalue weighted by atomic mass is 10.2. The van der Waals surface area contributed by atoms with Crippen molar-refractivity contribution in [2.75, 3.05) is 13.1 Å². The van der Waals surface area contributed by atoms with Crippen LogP contribution in [0.1, 0.15) is 13.8 Å². The number of carbonyl (C=O) groups excluding carboxylic acids is 1. The van der Waals surface area contributed by atoms with Gasteiger partial charge in [-0.2, -0.15) is 0 Å². The summed E-state index contributed by atoms with van der Waals surface area (Å²) in [6.07, 6.45) is 1.42. The smallest absolute Gasteiger partial charge is 0.409 e. The Balaban J connectivity index is 2.31. The van der Waals surface area contributed by atoms with Crippen LogP contribution in [0.2, 0.25) is 0 Å². The summed E-state index contributed by atoms with van der Waals surface area (Å²) in [5.74, 6) is 0.559. The number of nitrogens with zero attached hydrogens (tertiary/aromatic N) is 2. The second-order valence-corrected chi connectivity index (χ2v) is 5.07. The topological polar surface area (TPSA) is 42.4 Å². The molecule has 0 bridgehead atoms. The van der Waals surface area contributed by atoms with Gasteiger partial charge >= 0.3 is 6.09 Å². The van der Waals surface area contributed by atoms with Crippen molar-refractivity contribution >= 4 is 39.6 Å². The summed E-state index contributed by atoms with van der Waals surface area (Å²) in [5.41, 5.74) is 0.855. The normalized spacial score (nSPS) is 10.5. The molecular weight excluding hydrogens is 355 g/mol. The van der Waals surface area contributed by atoms with E-state index in [1.165, 1.54) is 0 Å². The van der Waals surface area contributed by atoms with Crippen LogP contribution in [-0.2, 0) is 0 Å². The van der Waals surface area contributed by atoms with Gasteiger partial charge in [0.05, 0.1) is 9.09 Å². The Bertz CT molecular complexity index is 597. The number of amides is 1. The molecule has 1 aromatic heterocycles. The summed E-state index contributed by atoms with van der Waals surface area (Å²) >= 11 is 2.16. The Hall–Kier alpha value is -1.37. The fraction of sp³-hybridized carbons (Fsp3) is 0.286. The highest BCUT2D eigenvalue weighted by Crippen LogP contribution is 2.28. The zero-order valence-electron chi connectivity index (χ0n) is 10.9. The zero-order valence-corrected chi connectivity index (χ0v) is 13.0. The van der Waals surface area contributed by atoms with Crippen LogP contribution >= 0.6 is 22.6 Å². The highest BCUT2D eigenvalue weighted by atomic mass is 127. The van der Waals surface area contributed by atoms with Crippen LogP contribution in [0.5, 0.6) is 5.75 Å². The van der Waals surface area contributed by atoms with Crippen LogP contribution in [0.25, 0.3) is 10.9 Å². The molecule has 5 heteroatoms. The molecule has 100 valence electrons. The Morgan fingerprint density at radius 1 is 1.32 bits per heavy atom. The first kappa shape index (κ1) is 14.0. The van der Waals surface area contributed by atoms with Crippen molar-refractivity contribution in [1.82, 2.24) is 9.88 Å². The molecule has 0 atom stereocenters. The maximum absolute atomic E-state index is 11.9. The molecule has 2 aromatic rings. The van der Waals surface area contributed by atoms with E-state index in [2.05, 4.69) is 27.6 Å². The van der Waals surface area contributed by atoms with Gasteiger partial charge in [-0.25, -0.2) is 4.79 Å². The fourth-order valence-electron chi connectivity index (χ4n) is 1.81. The third-order valence-corrected chi connectivity index (χ3v) is 3.94. The number of aromatic nitrogens is 1. The molecule has 0 fully saturated rings. The van der Waals surface area contributed by atoms with E-state index in [0.717, 1.165) is 14.5 Å². The standard InChI is InChI=1S/C14H15IN2O2/c1-3-17(4-2)14(18)19-11-8-7-10-6-5-9-16-13(10)12(11)15/h5-9H,3-4H2,1-2H3. The van der Waals surface area contributed by atoms with E-state index in [9.17, 15) is 4.79 Å². The molecule has 0 radical (unpaired) electrons. The molecule has 4 nitrogen and oxygen atoms in total. The van der Waals surface area contributed by atoms with Crippen LogP contribution in [0.15, 0.2) is 30.5 Å². The highest BCUT2D eigenvalue weighted by Gasteiger charge is 2.15. The third-order valence-electron chi connectivity index (χ3n) is 2.90. The number of hydrogen-bond acceptors (Lipinski definition) is 3. The first-order chi connectivity index (χ1) is 9.17. The molecule has 1 amide bonds. The molecule has 0 aliphatic carbocycles.